The Morgan fingerprint density at radius 1 is 1.62 bits per heavy atom. The van der Waals surface area contributed by atoms with E-state index in [0.29, 0.717) is 5.82 Å². The molecule has 5 nitrogen and oxygen atoms in total. The van der Waals surface area contributed by atoms with Crippen LogP contribution in [-0.4, -0.2) is 34.2 Å². The van der Waals surface area contributed by atoms with Crippen LogP contribution in [0.5, 0.6) is 0 Å². The Kier molecular flexibility index (Phi) is 5.77. The number of carbonyl (C=O) groups is 1. The van der Waals surface area contributed by atoms with Crippen molar-refractivity contribution < 1.29 is 4.79 Å². The summed E-state index contributed by atoms with van der Waals surface area (Å²) < 4.78 is 1.53. The molecule has 3 N–H and O–H groups in total. The van der Waals surface area contributed by atoms with Crippen LogP contribution in [0.25, 0.3) is 0 Å². The molecule has 0 spiro atoms. The standard InChI is InChI=1S/C10H18N4OS/c1-16-7-3-2-5-12-10(15)8-14-6-4-9(11)13-14/h4,6H,2-3,5,7-8H2,1H3,(H2,11,13)(H,12,15). The lowest BCUT2D eigenvalue weighted by molar-refractivity contribution is -0.121. The molecule has 0 aliphatic rings. The topological polar surface area (TPSA) is 72.9 Å². The van der Waals surface area contributed by atoms with Crippen molar-refractivity contribution in [1.29, 1.82) is 0 Å². The predicted octanol–water partition coefficient (Wildman–Crippen LogP) is 0.725. The number of aromatic nitrogens is 2. The number of carbonyl (C=O) groups excluding carboxylic acids is 1. The summed E-state index contributed by atoms with van der Waals surface area (Å²) in [5, 5.41) is 6.79. The van der Waals surface area contributed by atoms with E-state index in [4.69, 9.17) is 5.73 Å². The van der Waals surface area contributed by atoms with Gasteiger partial charge in [-0.15, -0.1) is 0 Å². The van der Waals surface area contributed by atoms with Crippen LogP contribution in [0, 0.1) is 0 Å². The zero-order valence-electron chi connectivity index (χ0n) is 9.48. The van der Waals surface area contributed by atoms with Gasteiger partial charge in [0.15, 0.2) is 0 Å². The highest BCUT2D eigenvalue weighted by atomic mass is 32.2. The SMILES string of the molecule is CSCCCCNC(=O)Cn1ccc(N)n1. The third-order valence-corrected chi connectivity index (χ3v) is 2.76. The van der Waals surface area contributed by atoms with Crippen LogP contribution in [0.1, 0.15) is 12.8 Å². The predicted molar refractivity (Wildman–Crippen MR) is 67.3 cm³/mol. The molecule has 0 aromatic carbocycles. The second-order valence-electron chi connectivity index (χ2n) is 3.49. The Balaban J connectivity index is 2.11. The average molecular weight is 242 g/mol. The van der Waals surface area contributed by atoms with Crippen molar-refractivity contribution in [2.45, 2.75) is 19.4 Å². The van der Waals surface area contributed by atoms with E-state index in [1.807, 2.05) is 11.8 Å². The fraction of sp³-hybridized carbons (Fsp3) is 0.600. The second-order valence-corrected chi connectivity index (χ2v) is 4.47. The van der Waals surface area contributed by atoms with Crippen molar-refractivity contribution in [2.75, 3.05) is 24.3 Å². The summed E-state index contributed by atoms with van der Waals surface area (Å²) >= 11 is 1.83. The number of hydrogen-bond acceptors (Lipinski definition) is 4. The van der Waals surface area contributed by atoms with Crippen LogP contribution < -0.4 is 11.1 Å². The molecule has 1 amide bonds. The fourth-order valence-corrected chi connectivity index (χ4v) is 1.76. The van der Waals surface area contributed by atoms with E-state index < -0.39 is 0 Å². The number of thioether (sulfide) groups is 1. The molecule has 1 rings (SSSR count). The summed E-state index contributed by atoms with van der Waals surface area (Å²) in [5.74, 6) is 1.56. The molecule has 0 aliphatic heterocycles. The first-order valence-corrected chi connectivity index (χ1v) is 6.66. The maximum atomic E-state index is 11.4. The molecule has 90 valence electrons. The van der Waals surface area contributed by atoms with Crippen LogP contribution in [0.4, 0.5) is 5.82 Å². The molecule has 0 aliphatic carbocycles. The Bertz CT molecular complexity index is 326. The summed E-state index contributed by atoms with van der Waals surface area (Å²) in [6.07, 6.45) is 5.94. The van der Waals surface area contributed by atoms with E-state index in [9.17, 15) is 4.79 Å². The number of nitrogens with zero attached hydrogens (tertiary/aromatic N) is 2. The van der Waals surface area contributed by atoms with E-state index in [-0.39, 0.29) is 12.5 Å². The quantitative estimate of drug-likeness (QED) is 0.691. The first kappa shape index (κ1) is 12.9. The van der Waals surface area contributed by atoms with Gasteiger partial charge in [-0.05, 0) is 30.9 Å². The number of nitrogens with two attached hydrogens (primary N) is 1. The van der Waals surface area contributed by atoms with Crippen LogP contribution in [0.3, 0.4) is 0 Å². The molecule has 0 saturated heterocycles. The molecule has 0 fully saturated rings. The molecule has 0 atom stereocenters. The minimum Gasteiger partial charge on any atom is -0.382 e. The molecule has 0 saturated carbocycles. The Morgan fingerprint density at radius 3 is 3.06 bits per heavy atom. The van der Waals surface area contributed by atoms with Crippen LogP contribution in [0.2, 0.25) is 0 Å². The zero-order chi connectivity index (χ0) is 11.8. The molecule has 6 heteroatoms. The van der Waals surface area contributed by atoms with Crippen molar-refractivity contribution in [2.24, 2.45) is 0 Å². The van der Waals surface area contributed by atoms with E-state index >= 15 is 0 Å². The van der Waals surface area contributed by atoms with E-state index in [1.165, 1.54) is 4.68 Å². The van der Waals surface area contributed by atoms with Gasteiger partial charge in [0.1, 0.15) is 12.4 Å². The fourth-order valence-electron chi connectivity index (χ4n) is 1.27. The monoisotopic (exact) mass is 242 g/mol. The molecule has 1 aromatic heterocycles. The van der Waals surface area contributed by atoms with Gasteiger partial charge in [0.2, 0.25) is 5.91 Å². The molecule has 1 heterocycles. The number of rotatable bonds is 7. The van der Waals surface area contributed by atoms with E-state index in [0.717, 1.165) is 25.1 Å². The maximum Gasteiger partial charge on any atom is 0.241 e. The van der Waals surface area contributed by atoms with Gasteiger partial charge in [0.25, 0.3) is 0 Å². The summed E-state index contributed by atoms with van der Waals surface area (Å²) in [6.45, 7) is 0.968. The first-order chi connectivity index (χ1) is 7.72. The minimum atomic E-state index is -0.0211. The number of nitrogens with one attached hydrogen (secondary N) is 1. The van der Waals surface area contributed by atoms with Gasteiger partial charge in [-0.1, -0.05) is 0 Å². The smallest absolute Gasteiger partial charge is 0.241 e. The number of nitrogen functional groups attached to an aromatic ring is 1. The van der Waals surface area contributed by atoms with Gasteiger partial charge in [0, 0.05) is 12.7 Å². The van der Waals surface area contributed by atoms with Crippen molar-refractivity contribution in [1.82, 2.24) is 15.1 Å². The number of unbranched alkanes of at least 4 members (excludes halogenated alkanes) is 1. The third kappa shape index (κ3) is 5.06. The lowest BCUT2D eigenvalue weighted by atomic mass is 10.3. The zero-order valence-corrected chi connectivity index (χ0v) is 10.3. The Labute approximate surface area is 99.8 Å². The van der Waals surface area contributed by atoms with Crippen molar-refractivity contribution >= 4 is 23.5 Å². The number of amides is 1. The number of anilines is 1. The molecule has 0 unspecified atom stereocenters. The molecule has 1 aromatic rings. The van der Waals surface area contributed by atoms with Gasteiger partial charge in [-0.25, -0.2) is 0 Å². The number of hydrogen-bond donors (Lipinski definition) is 2. The molecule has 16 heavy (non-hydrogen) atoms. The highest BCUT2D eigenvalue weighted by Gasteiger charge is 2.02. The molecular formula is C10H18N4OS. The van der Waals surface area contributed by atoms with Crippen molar-refractivity contribution in [3.63, 3.8) is 0 Å². The van der Waals surface area contributed by atoms with E-state index in [2.05, 4.69) is 16.7 Å². The highest BCUT2D eigenvalue weighted by molar-refractivity contribution is 7.98. The van der Waals surface area contributed by atoms with Gasteiger partial charge >= 0.3 is 0 Å². The lowest BCUT2D eigenvalue weighted by Crippen LogP contribution is -2.28. The Morgan fingerprint density at radius 2 is 2.44 bits per heavy atom. The van der Waals surface area contributed by atoms with Gasteiger partial charge < -0.3 is 11.1 Å². The van der Waals surface area contributed by atoms with Crippen molar-refractivity contribution in [3.05, 3.63) is 12.3 Å². The van der Waals surface area contributed by atoms with Gasteiger partial charge in [0.05, 0.1) is 0 Å². The first-order valence-electron chi connectivity index (χ1n) is 5.27. The van der Waals surface area contributed by atoms with Crippen molar-refractivity contribution in [3.8, 4) is 0 Å². The summed E-state index contributed by atoms with van der Waals surface area (Å²) in [6, 6.07) is 1.67. The normalized spacial score (nSPS) is 10.3. The maximum absolute atomic E-state index is 11.4. The summed E-state index contributed by atoms with van der Waals surface area (Å²) in [5.41, 5.74) is 5.44. The largest absolute Gasteiger partial charge is 0.382 e. The van der Waals surface area contributed by atoms with Gasteiger partial charge in [-0.3, -0.25) is 9.48 Å². The third-order valence-electron chi connectivity index (χ3n) is 2.06. The van der Waals surface area contributed by atoms with Gasteiger partial charge in [-0.2, -0.15) is 16.9 Å². The Hall–Kier alpha value is -1.17. The van der Waals surface area contributed by atoms with Crippen LogP contribution >= 0.6 is 11.8 Å². The summed E-state index contributed by atoms with van der Waals surface area (Å²) in [4.78, 5) is 11.4. The van der Waals surface area contributed by atoms with E-state index in [1.54, 1.807) is 12.3 Å². The lowest BCUT2D eigenvalue weighted by Gasteiger charge is -2.04. The highest BCUT2D eigenvalue weighted by Crippen LogP contribution is 1.98. The minimum absolute atomic E-state index is 0.0211. The van der Waals surface area contributed by atoms with Crippen LogP contribution in [-0.2, 0) is 11.3 Å². The van der Waals surface area contributed by atoms with Crippen LogP contribution in [0.15, 0.2) is 12.3 Å². The molecule has 0 radical (unpaired) electrons. The molecular weight excluding hydrogens is 224 g/mol. The molecule has 0 bridgehead atoms. The average Bonchev–Trinajstić information content (AvgIpc) is 2.63. The second kappa shape index (κ2) is 7.16. The summed E-state index contributed by atoms with van der Waals surface area (Å²) in [7, 11) is 0.